The molecule has 1 heterocycles. The lowest BCUT2D eigenvalue weighted by molar-refractivity contribution is 0.329. The zero-order valence-corrected chi connectivity index (χ0v) is 10.5. The van der Waals surface area contributed by atoms with Gasteiger partial charge in [0.25, 0.3) is 0 Å². The van der Waals surface area contributed by atoms with Gasteiger partial charge >= 0.3 is 0 Å². The third kappa shape index (κ3) is 2.67. The quantitative estimate of drug-likeness (QED) is 0.852. The number of hydrogen-bond donors (Lipinski definition) is 1. The topological polar surface area (TPSA) is 29.3 Å². The van der Waals surface area contributed by atoms with Crippen molar-refractivity contribution < 1.29 is 4.39 Å². The standard InChI is InChI=1S/C14H21FN2/c1-17-9-2-7-14(11-16,8-10-17)12-3-5-13(15)6-4-12/h3-6H,2,7-11,16H2,1H3. The molecule has 2 nitrogen and oxygen atoms in total. The Morgan fingerprint density at radius 1 is 1.24 bits per heavy atom. The van der Waals surface area contributed by atoms with Gasteiger partial charge in [-0.05, 0) is 57.1 Å². The fourth-order valence-corrected chi connectivity index (χ4v) is 2.74. The third-order valence-corrected chi connectivity index (χ3v) is 4.01. The highest BCUT2D eigenvalue weighted by Crippen LogP contribution is 2.34. The van der Waals surface area contributed by atoms with Crippen molar-refractivity contribution in [1.29, 1.82) is 0 Å². The molecule has 0 aromatic heterocycles. The van der Waals surface area contributed by atoms with Crippen LogP contribution in [0, 0.1) is 5.82 Å². The van der Waals surface area contributed by atoms with E-state index in [0.717, 1.165) is 32.4 Å². The Balaban J connectivity index is 2.26. The van der Waals surface area contributed by atoms with E-state index in [1.807, 2.05) is 12.1 Å². The molecule has 2 rings (SSSR count). The first-order valence-corrected chi connectivity index (χ1v) is 6.31. The Labute approximate surface area is 103 Å². The molecule has 0 amide bonds. The maximum atomic E-state index is 13.0. The molecule has 0 spiro atoms. The van der Waals surface area contributed by atoms with Crippen LogP contribution in [0.1, 0.15) is 24.8 Å². The van der Waals surface area contributed by atoms with Gasteiger partial charge in [-0.1, -0.05) is 12.1 Å². The molecule has 3 heteroatoms. The molecule has 1 aromatic rings. The van der Waals surface area contributed by atoms with Gasteiger partial charge < -0.3 is 10.6 Å². The van der Waals surface area contributed by atoms with E-state index in [9.17, 15) is 4.39 Å². The molecule has 1 aliphatic heterocycles. The fourth-order valence-electron chi connectivity index (χ4n) is 2.74. The summed E-state index contributed by atoms with van der Waals surface area (Å²) in [5.41, 5.74) is 7.24. The van der Waals surface area contributed by atoms with Gasteiger partial charge in [-0.15, -0.1) is 0 Å². The number of benzene rings is 1. The summed E-state index contributed by atoms with van der Waals surface area (Å²) in [5.74, 6) is -0.174. The zero-order chi connectivity index (χ0) is 12.3. The van der Waals surface area contributed by atoms with E-state index in [1.54, 1.807) is 12.1 Å². The highest BCUT2D eigenvalue weighted by Gasteiger charge is 2.32. The van der Waals surface area contributed by atoms with Gasteiger partial charge in [0.1, 0.15) is 5.82 Å². The summed E-state index contributed by atoms with van der Waals surface area (Å²) in [7, 11) is 2.15. The highest BCUT2D eigenvalue weighted by molar-refractivity contribution is 5.27. The van der Waals surface area contributed by atoms with Crippen LogP contribution in [0.15, 0.2) is 24.3 Å². The first kappa shape index (κ1) is 12.5. The molecular weight excluding hydrogens is 215 g/mol. The molecule has 1 aliphatic rings. The number of hydrogen-bond acceptors (Lipinski definition) is 2. The Kier molecular flexibility index (Phi) is 3.79. The molecule has 0 aliphatic carbocycles. The summed E-state index contributed by atoms with van der Waals surface area (Å²) in [6.45, 7) is 2.84. The van der Waals surface area contributed by atoms with Crippen LogP contribution in [0.3, 0.4) is 0 Å². The van der Waals surface area contributed by atoms with E-state index in [0.29, 0.717) is 6.54 Å². The Bertz CT molecular complexity index is 363. The van der Waals surface area contributed by atoms with Crippen molar-refractivity contribution in [2.24, 2.45) is 5.73 Å². The minimum absolute atomic E-state index is 0.0401. The van der Waals surface area contributed by atoms with Crippen molar-refractivity contribution in [3.05, 3.63) is 35.6 Å². The Hall–Kier alpha value is -0.930. The van der Waals surface area contributed by atoms with Crippen molar-refractivity contribution in [1.82, 2.24) is 4.90 Å². The van der Waals surface area contributed by atoms with Crippen LogP contribution < -0.4 is 5.73 Å². The average molecular weight is 236 g/mol. The van der Waals surface area contributed by atoms with Crippen LogP contribution >= 0.6 is 0 Å². The maximum absolute atomic E-state index is 13.0. The van der Waals surface area contributed by atoms with Crippen LogP contribution in [0.4, 0.5) is 4.39 Å². The molecule has 0 saturated carbocycles. The van der Waals surface area contributed by atoms with Gasteiger partial charge in [-0.2, -0.15) is 0 Å². The summed E-state index contributed by atoms with van der Waals surface area (Å²) in [6.07, 6.45) is 3.32. The number of nitrogens with two attached hydrogens (primary N) is 1. The zero-order valence-electron chi connectivity index (χ0n) is 10.5. The lowest BCUT2D eigenvalue weighted by Gasteiger charge is -2.32. The summed E-state index contributed by atoms with van der Waals surface area (Å²) in [4.78, 5) is 2.35. The summed E-state index contributed by atoms with van der Waals surface area (Å²) >= 11 is 0. The molecule has 17 heavy (non-hydrogen) atoms. The van der Waals surface area contributed by atoms with Gasteiger partial charge in [-0.25, -0.2) is 4.39 Å². The number of halogens is 1. The van der Waals surface area contributed by atoms with Gasteiger partial charge in [0.05, 0.1) is 0 Å². The van der Waals surface area contributed by atoms with Crippen LogP contribution in [-0.4, -0.2) is 31.6 Å². The fraction of sp³-hybridized carbons (Fsp3) is 0.571. The second-order valence-electron chi connectivity index (χ2n) is 5.15. The highest BCUT2D eigenvalue weighted by atomic mass is 19.1. The molecule has 1 fully saturated rings. The van der Waals surface area contributed by atoms with E-state index >= 15 is 0 Å². The largest absolute Gasteiger partial charge is 0.330 e. The molecule has 1 saturated heterocycles. The number of nitrogens with zero attached hydrogens (tertiary/aromatic N) is 1. The third-order valence-electron chi connectivity index (χ3n) is 4.01. The van der Waals surface area contributed by atoms with Gasteiger partial charge in [0.2, 0.25) is 0 Å². The molecule has 1 atom stereocenters. The van der Waals surface area contributed by atoms with E-state index in [1.165, 1.54) is 5.56 Å². The van der Waals surface area contributed by atoms with Crippen molar-refractivity contribution in [3.63, 3.8) is 0 Å². The predicted molar refractivity (Wildman–Crippen MR) is 68.5 cm³/mol. The van der Waals surface area contributed by atoms with E-state index in [2.05, 4.69) is 11.9 Å². The molecule has 94 valence electrons. The minimum Gasteiger partial charge on any atom is -0.330 e. The lowest BCUT2D eigenvalue weighted by atomic mass is 9.74. The van der Waals surface area contributed by atoms with Crippen LogP contribution in [-0.2, 0) is 5.41 Å². The van der Waals surface area contributed by atoms with E-state index in [-0.39, 0.29) is 11.2 Å². The van der Waals surface area contributed by atoms with Crippen LogP contribution in [0.25, 0.3) is 0 Å². The molecular formula is C14H21FN2. The number of likely N-dealkylation sites (tertiary alicyclic amines) is 1. The first-order chi connectivity index (χ1) is 8.16. The predicted octanol–water partition coefficient (Wildman–Crippen LogP) is 2.14. The van der Waals surface area contributed by atoms with Gasteiger partial charge in [-0.3, -0.25) is 0 Å². The SMILES string of the molecule is CN1CCCC(CN)(c2ccc(F)cc2)CC1. The van der Waals surface area contributed by atoms with Crippen molar-refractivity contribution in [2.45, 2.75) is 24.7 Å². The van der Waals surface area contributed by atoms with Crippen molar-refractivity contribution in [3.8, 4) is 0 Å². The summed E-state index contributed by atoms with van der Waals surface area (Å²) in [6, 6.07) is 6.88. The monoisotopic (exact) mass is 236 g/mol. The van der Waals surface area contributed by atoms with Crippen LogP contribution in [0.5, 0.6) is 0 Å². The second kappa shape index (κ2) is 5.15. The van der Waals surface area contributed by atoms with Gasteiger partial charge in [0.15, 0.2) is 0 Å². The van der Waals surface area contributed by atoms with Crippen molar-refractivity contribution in [2.75, 3.05) is 26.7 Å². The molecule has 2 N–H and O–H groups in total. The Morgan fingerprint density at radius 2 is 1.94 bits per heavy atom. The summed E-state index contributed by atoms with van der Waals surface area (Å²) in [5, 5.41) is 0. The molecule has 0 bridgehead atoms. The normalized spacial score (nSPS) is 26.8. The molecule has 0 radical (unpaired) electrons. The Morgan fingerprint density at radius 3 is 2.59 bits per heavy atom. The van der Waals surface area contributed by atoms with Crippen LogP contribution in [0.2, 0.25) is 0 Å². The van der Waals surface area contributed by atoms with Crippen molar-refractivity contribution >= 4 is 0 Å². The second-order valence-corrected chi connectivity index (χ2v) is 5.15. The lowest BCUT2D eigenvalue weighted by Crippen LogP contribution is -2.36. The molecule has 1 unspecified atom stereocenters. The van der Waals surface area contributed by atoms with E-state index < -0.39 is 0 Å². The maximum Gasteiger partial charge on any atom is 0.123 e. The minimum atomic E-state index is -0.174. The molecule has 1 aromatic carbocycles. The first-order valence-electron chi connectivity index (χ1n) is 6.31. The van der Waals surface area contributed by atoms with Gasteiger partial charge in [0, 0.05) is 12.0 Å². The smallest absolute Gasteiger partial charge is 0.123 e. The number of rotatable bonds is 2. The average Bonchev–Trinajstić information content (AvgIpc) is 2.53. The summed E-state index contributed by atoms with van der Waals surface area (Å²) < 4.78 is 13.0. The van der Waals surface area contributed by atoms with E-state index in [4.69, 9.17) is 5.73 Å².